The van der Waals surface area contributed by atoms with Crippen molar-refractivity contribution in [3.8, 4) is 0 Å². The van der Waals surface area contributed by atoms with E-state index in [1.165, 1.54) is 13.8 Å². The van der Waals surface area contributed by atoms with Gasteiger partial charge in [-0.1, -0.05) is 0 Å². The van der Waals surface area contributed by atoms with Crippen LogP contribution in [0.15, 0.2) is 0 Å². The number of carbonyl (C=O) groups is 2. The van der Waals surface area contributed by atoms with Gasteiger partial charge in [-0.25, -0.2) is 0 Å². The van der Waals surface area contributed by atoms with Gasteiger partial charge in [0.05, 0.1) is 0 Å². The maximum atomic E-state index is 10.5. The quantitative estimate of drug-likeness (QED) is 0.386. The van der Waals surface area contributed by atoms with Crippen LogP contribution in [-0.2, 0) is 64.9 Å². The van der Waals surface area contributed by atoms with Crippen molar-refractivity contribution in [2.24, 2.45) is 0 Å². The number of aliphatic hydroxyl groups excluding tert-OH is 2. The molecule has 0 rings (SSSR count). The van der Waals surface area contributed by atoms with Gasteiger partial charge in [0.15, 0.2) is 0 Å². The molecule has 0 fully saturated rings. The van der Waals surface area contributed by atoms with Crippen LogP contribution in [0.5, 0.6) is 0 Å². The monoisotopic (exact) mass is 610 g/mol. The van der Waals surface area contributed by atoms with Gasteiger partial charge in [-0.3, -0.25) is 0 Å². The minimum absolute atomic E-state index is 0.316. The summed E-state index contributed by atoms with van der Waals surface area (Å²) in [4.78, 5) is 21.0. The van der Waals surface area contributed by atoms with Gasteiger partial charge in [-0.2, -0.15) is 0 Å². The summed E-state index contributed by atoms with van der Waals surface area (Å²) in [5.41, 5.74) is 0. The van der Waals surface area contributed by atoms with E-state index < -0.39 is 62.3 Å². The molecule has 0 saturated heterocycles. The topological polar surface area (TPSA) is 93.1 Å². The molecular weight excluding hydrogens is 593 g/mol. The molecule has 2 N–H and O–H groups in total. The fraction of sp³-hybridized carbons (Fsp3) is 0.750. The fourth-order valence-electron chi connectivity index (χ4n) is 1.03. The molecule has 0 aliphatic rings. The molecule has 6 nitrogen and oxygen atoms in total. The summed E-state index contributed by atoms with van der Waals surface area (Å²) >= 11 is -3.64. The molecule has 2 unspecified atom stereocenters. The van der Waals surface area contributed by atoms with E-state index in [1.54, 1.807) is 0 Å². The first kappa shape index (κ1) is 16.7. The Balaban J connectivity index is 3.60. The van der Waals surface area contributed by atoms with Crippen LogP contribution in [0.25, 0.3) is 0 Å². The van der Waals surface area contributed by atoms with Crippen molar-refractivity contribution in [1.29, 1.82) is 0 Å². The summed E-state index contributed by atoms with van der Waals surface area (Å²) in [5, 5.41) is 19.0. The van der Waals surface area contributed by atoms with Crippen LogP contribution in [0, 0.1) is 0 Å². The zero-order valence-electron chi connectivity index (χ0n) is 9.51. The van der Waals surface area contributed by atoms with Crippen molar-refractivity contribution < 1.29 is 75.2 Å². The number of aliphatic hydroxyl groups is 2. The van der Waals surface area contributed by atoms with E-state index in [0.717, 1.165) is 0 Å². The van der Waals surface area contributed by atoms with Crippen LogP contribution in [0.1, 0.15) is 13.8 Å². The number of carbonyl (C=O) groups excluding carboxylic acids is 2. The van der Waals surface area contributed by atoms with Gasteiger partial charge in [0.25, 0.3) is 0 Å². The molecule has 0 amide bonds. The third kappa shape index (κ3) is 9.92. The van der Waals surface area contributed by atoms with Crippen molar-refractivity contribution >= 4 is 11.9 Å². The summed E-state index contributed by atoms with van der Waals surface area (Å²) in [6, 6.07) is 0. The maximum absolute atomic E-state index is 10.5. The summed E-state index contributed by atoms with van der Waals surface area (Å²) in [5.74, 6) is -0.633. The first-order chi connectivity index (χ1) is 7.43. The molecule has 0 radical (unpaired) electrons. The molecule has 86 valence electrons. The van der Waals surface area contributed by atoms with Crippen LogP contribution < -0.4 is 0 Å². The molecule has 8 heteroatoms. The second-order valence-electron chi connectivity index (χ2n) is 3.39. The van der Waals surface area contributed by atoms with E-state index in [0.29, 0.717) is 7.86 Å². The number of hydrogen-bond acceptors (Lipinski definition) is 6. The number of hydrogen-bond donors (Lipinski definition) is 2. The van der Waals surface area contributed by atoms with Gasteiger partial charge < -0.3 is 0 Å². The van der Waals surface area contributed by atoms with Gasteiger partial charge >= 0.3 is 121 Å². The Kier molecular flexibility index (Phi) is 10.2. The van der Waals surface area contributed by atoms with E-state index in [1.807, 2.05) is 0 Å². The third-order valence-electron chi connectivity index (χ3n) is 1.88. The first-order valence-electron chi connectivity index (χ1n) is 5.06. The van der Waals surface area contributed by atoms with E-state index in [9.17, 15) is 19.8 Å². The van der Waals surface area contributed by atoms with E-state index in [2.05, 4.69) is 0 Å². The van der Waals surface area contributed by atoms with Gasteiger partial charge in [0, 0.05) is 0 Å². The standard InChI is InChI=1S/C4H8O2.2C2H4O2.2Hg/c1-3(5)4(2)6;2*1-2(3)4;;/h3-6H,1-2H2;2*1H3,(H,3,4);;/q;;;2*+1/p-2. The number of rotatable bonds is 7. The van der Waals surface area contributed by atoms with Gasteiger partial charge in [-0.05, 0) is 0 Å². The van der Waals surface area contributed by atoms with Crippen LogP contribution in [0.4, 0.5) is 0 Å². The molecule has 0 aromatic heterocycles. The van der Waals surface area contributed by atoms with E-state index in [-0.39, 0.29) is 11.9 Å². The van der Waals surface area contributed by atoms with Gasteiger partial charge in [-0.15, -0.1) is 0 Å². The zero-order valence-corrected chi connectivity index (χ0v) is 20.5. The van der Waals surface area contributed by atoms with E-state index in [4.69, 9.17) is 5.29 Å². The Labute approximate surface area is 120 Å². The molecule has 0 aromatic rings. The molecule has 2 atom stereocenters. The molecular formula is C8H14Hg2O6. The predicted molar refractivity (Wildman–Crippen MR) is 45.2 cm³/mol. The normalized spacial score (nSPS) is 13.0. The Hall–Kier alpha value is 0.730. The SMILES string of the molecule is CC(=O)[O][Hg][CH2]C(O)C(O)[CH2][Hg][O]C(C)=O. The predicted octanol–water partition coefficient (Wildman–Crippen LogP) is -0.334. The molecule has 0 aromatic carbocycles. The summed E-state index contributed by atoms with van der Waals surface area (Å²) < 4.78 is 10.5. The Morgan fingerprint density at radius 3 is 1.56 bits per heavy atom. The second kappa shape index (κ2) is 9.73. The first-order valence-corrected chi connectivity index (χ1v) is 17.3. The van der Waals surface area contributed by atoms with Crippen LogP contribution in [0.3, 0.4) is 0 Å². The van der Waals surface area contributed by atoms with Gasteiger partial charge in [0.1, 0.15) is 0 Å². The Bertz CT molecular complexity index is 211. The van der Waals surface area contributed by atoms with E-state index >= 15 is 0 Å². The van der Waals surface area contributed by atoms with Crippen molar-refractivity contribution in [2.75, 3.05) is 0 Å². The summed E-state index contributed by atoms with van der Waals surface area (Å²) in [6.07, 6.45) is -1.67. The molecule has 0 bridgehead atoms. The average Bonchev–Trinajstić information content (AvgIpc) is 2.16. The summed E-state index contributed by atoms with van der Waals surface area (Å²) in [6.45, 7) is 2.67. The minimum atomic E-state index is -1.82. The molecule has 0 heterocycles. The molecule has 16 heavy (non-hydrogen) atoms. The summed E-state index contributed by atoms with van der Waals surface area (Å²) in [7, 11) is 0. The van der Waals surface area contributed by atoms with Crippen LogP contribution >= 0.6 is 0 Å². The molecule has 0 aliphatic heterocycles. The average molecular weight is 607 g/mol. The fourth-order valence-corrected chi connectivity index (χ4v) is 9.05. The second-order valence-corrected chi connectivity index (χ2v) is 13.3. The van der Waals surface area contributed by atoms with Crippen molar-refractivity contribution in [3.63, 3.8) is 0 Å². The Morgan fingerprint density at radius 2 is 1.31 bits per heavy atom. The zero-order chi connectivity index (χ0) is 12.6. The van der Waals surface area contributed by atoms with Crippen LogP contribution in [0.2, 0.25) is 7.86 Å². The Morgan fingerprint density at radius 1 is 1.00 bits per heavy atom. The molecule has 0 spiro atoms. The molecule has 0 saturated carbocycles. The van der Waals surface area contributed by atoms with Gasteiger partial charge in [0.2, 0.25) is 0 Å². The van der Waals surface area contributed by atoms with Crippen molar-refractivity contribution in [2.45, 2.75) is 33.9 Å². The van der Waals surface area contributed by atoms with Crippen molar-refractivity contribution in [3.05, 3.63) is 0 Å². The van der Waals surface area contributed by atoms with Crippen LogP contribution in [-0.4, -0.2) is 34.4 Å². The third-order valence-corrected chi connectivity index (χ3v) is 13.1. The van der Waals surface area contributed by atoms with Crippen molar-refractivity contribution in [1.82, 2.24) is 0 Å². The molecule has 0 aliphatic carbocycles.